The average Bonchev–Trinajstić information content (AvgIpc) is 3.17. The molecule has 7 nitrogen and oxygen atoms in total. The molecular formula is C24H17FN6O. The quantitative estimate of drug-likeness (QED) is 0.488. The number of fused-ring (bicyclic) bond motifs is 1. The van der Waals surface area contributed by atoms with E-state index in [0.29, 0.717) is 33.8 Å². The third-order valence-electron chi connectivity index (χ3n) is 4.79. The second kappa shape index (κ2) is 8.62. The summed E-state index contributed by atoms with van der Waals surface area (Å²) in [4.78, 5) is 21.1. The van der Waals surface area contributed by atoms with Gasteiger partial charge in [-0.2, -0.15) is 10.4 Å². The van der Waals surface area contributed by atoms with Crippen molar-refractivity contribution in [2.24, 2.45) is 4.99 Å². The van der Waals surface area contributed by atoms with Gasteiger partial charge in [-0.15, -0.1) is 0 Å². The minimum Gasteiger partial charge on any atom is -0.304 e. The van der Waals surface area contributed by atoms with Gasteiger partial charge < -0.3 is 5.32 Å². The van der Waals surface area contributed by atoms with E-state index in [1.54, 1.807) is 61.6 Å². The Kier molecular flexibility index (Phi) is 5.55. The van der Waals surface area contributed by atoms with Crippen molar-refractivity contribution in [3.8, 4) is 6.07 Å². The van der Waals surface area contributed by atoms with Crippen LogP contribution in [0.2, 0.25) is 0 Å². The minimum atomic E-state index is -0.383. The second-order valence-electron chi connectivity index (χ2n) is 6.79. The van der Waals surface area contributed by atoms with Crippen molar-refractivity contribution in [2.75, 3.05) is 12.4 Å². The van der Waals surface area contributed by atoms with E-state index >= 15 is 0 Å². The lowest BCUT2D eigenvalue weighted by molar-refractivity contribution is 0.102. The monoisotopic (exact) mass is 424 g/mol. The molecule has 0 unspecified atom stereocenters. The van der Waals surface area contributed by atoms with Gasteiger partial charge in [0.15, 0.2) is 17.2 Å². The van der Waals surface area contributed by atoms with Crippen molar-refractivity contribution >= 4 is 28.7 Å². The first-order chi connectivity index (χ1) is 15.5. The van der Waals surface area contributed by atoms with Gasteiger partial charge in [-0.05, 0) is 48.5 Å². The molecule has 0 fully saturated rings. The first-order valence-corrected chi connectivity index (χ1v) is 9.60. The standard InChI is InChI=1S/C24H17FN6O/c1-15(22(27-2)16-8-10-18(25)11-9-16)19-12-13-21-28-23(20(14-26)31(21)30-19)29-24(32)17-6-4-3-5-7-17/h3-13H,1H2,2H3,(H,29,32)/b27-22+. The third-order valence-corrected chi connectivity index (χ3v) is 4.79. The molecule has 0 aliphatic heterocycles. The van der Waals surface area contributed by atoms with Gasteiger partial charge in [0.1, 0.15) is 11.9 Å². The molecule has 0 saturated heterocycles. The lowest BCUT2D eigenvalue weighted by Gasteiger charge is -2.09. The van der Waals surface area contributed by atoms with Crippen LogP contribution in [0.5, 0.6) is 0 Å². The van der Waals surface area contributed by atoms with Gasteiger partial charge >= 0.3 is 0 Å². The highest BCUT2D eigenvalue weighted by Crippen LogP contribution is 2.21. The number of hydrogen-bond donors (Lipinski definition) is 1. The van der Waals surface area contributed by atoms with E-state index in [-0.39, 0.29) is 23.2 Å². The normalized spacial score (nSPS) is 11.2. The van der Waals surface area contributed by atoms with Crippen LogP contribution in [0, 0.1) is 17.1 Å². The molecule has 1 N–H and O–H groups in total. The van der Waals surface area contributed by atoms with Crippen LogP contribution in [-0.4, -0.2) is 33.3 Å². The summed E-state index contributed by atoms with van der Waals surface area (Å²) in [5.41, 5.74) is 3.08. The number of nitrogens with one attached hydrogen (secondary N) is 1. The summed E-state index contributed by atoms with van der Waals surface area (Å²) in [5.74, 6) is -0.622. The number of aromatic nitrogens is 3. The van der Waals surface area contributed by atoms with Gasteiger partial charge in [0.2, 0.25) is 0 Å². The topological polar surface area (TPSA) is 95.4 Å². The minimum absolute atomic E-state index is 0.0794. The Bertz CT molecular complexity index is 1400. The van der Waals surface area contributed by atoms with E-state index in [0.717, 1.165) is 0 Å². The molecule has 156 valence electrons. The number of carbonyl (C=O) groups excluding carboxylic acids is 1. The molecule has 4 rings (SSSR count). The number of carbonyl (C=O) groups is 1. The maximum atomic E-state index is 13.3. The Morgan fingerprint density at radius 2 is 1.81 bits per heavy atom. The predicted molar refractivity (Wildman–Crippen MR) is 120 cm³/mol. The number of benzene rings is 2. The lowest BCUT2D eigenvalue weighted by Crippen LogP contribution is -2.13. The number of allylic oxidation sites excluding steroid dienone is 1. The average molecular weight is 424 g/mol. The molecular weight excluding hydrogens is 407 g/mol. The number of hydrogen-bond acceptors (Lipinski definition) is 5. The molecule has 0 aliphatic carbocycles. The highest BCUT2D eigenvalue weighted by atomic mass is 19.1. The van der Waals surface area contributed by atoms with E-state index in [1.807, 2.05) is 6.07 Å². The molecule has 0 saturated carbocycles. The summed E-state index contributed by atoms with van der Waals surface area (Å²) < 4.78 is 14.6. The zero-order valence-electron chi connectivity index (χ0n) is 17.1. The fraction of sp³-hybridized carbons (Fsp3) is 0.0417. The molecule has 2 aromatic carbocycles. The third kappa shape index (κ3) is 3.87. The Morgan fingerprint density at radius 1 is 1.09 bits per heavy atom. The van der Waals surface area contributed by atoms with Crippen LogP contribution >= 0.6 is 0 Å². The number of rotatable bonds is 5. The molecule has 0 aliphatic rings. The molecule has 0 spiro atoms. The Labute approximate surface area is 183 Å². The Hall–Kier alpha value is -4.64. The molecule has 0 radical (unpaired) electrons. The number of imidazole rings is 1. The zero-order chi connectivity index (χ0) is 22.7. The van der Waals surface area contributed by atoms with Crippen molar-refractivity contribution in [1.82, 2.24) is 14.6 Å². The van der Waals surface area contributed by atoms with Crippen LogP contribution in [0.1, 0.15) is 27.3 Å². The van der Waals surface area contributed by atoms with Crippen molar-refractivity contribution in [2.45, 2.75) is 0 Å². The van der Waals surface area contributed by atoms with Crippen LogP contribution in [0.3, 0.4) is 0 Å². The molecule has 4 aromatic rings. The molecule has 32 heavy (non-hydrogen) atoms. The van der Waals surface area contributed by atoms with E-state index in [1.165, 1.54) is 16.6 Å². The molecule has 0 bridgehead atoms. The second-order valence-corrected chi connectivity index (χ2v) is 6.79. The van der Waals surface area contributed by atoms with Gasteiger partial charge in [-0.3, -0.25) is 9.79 Å². The Morgan fingerprint density at radius 3 is 2.47 bits per heavy atom. The fourth-order valence-corrected chi connectivity index (χ4v) is 3.22. The van der Waals surface area contributed by atoms with Crippen LogP contribution in [-0.2, 0) is 0 Å². The maximum absolute atomic E-state index is 13.3. The number of aliphatic imine (C=N–C) groups is 1. The first kappa shape index (κ1) is 20.6. The van der Waals surface area contributed by atoms with E-state index in [2.05, 4.69) is 27.0 Å². The maximum Gasteiger partial charge on any atom is 0.256 e. The molecule has 8 heteroatoms. The van der Waals surface area contributed by atoms with Gasteiger partial charge in [0.05, 0.1) is 11.4 Å². The highest BCUT2D eigenvalue weighted by Gasteiger charge is 2.18. The van der Waals surface area contributed by atoms with E-state index in [9.17, 15) is 14.4 Å². The van der Waals surface area contributed by atoms with Gasteiger partial charge in [0.25, 0.3) is 5.91 Å². The highest BCUT2D eigenvalue weighted by molar-refractivity contribution is 6.30. The van der Waals surface area contributed by atoms with Crippen molar-refractivity contribution in [3.05, 3.63) is 102 Å². The number of anilines is 1. The van der Waals surface area contributed by atoms with E-state index < -0.39 is 0 Å². The number of nitriles is 1. The predicted octanol–water partition coefficient (Wildman–Crippen LogP) is 4.12. The summed E-state index contributed by atoms with van der Waals surface area (Å²) >= 11 is 0. The SMILES string of the molecule is C=C(/C(=N\C)c1ccc(F)cc1)c1ccc2nc(NC(=O)c3ccccc3)c(C#N)n2n1. The van der Waals surface area contributed by atoms with Crippen LogP contribution in [0.4, 0.5) is 10.2 Å². The zero-order valence-corrected chi connectivity index (χ0v) is 17.1. The fourth-order valence-electron chi connectivity index (χ4n) is 3.22. The van der Waals surface area contributed by atoms with Crippen LogP contribution in [0.25, 0.3) is 11.2 Å². The summed E-state index contributed by atoms with van der Waals surface area (Å²) in [6.07, 6.45) is 0. The number of amides is 1. The van der Waals surface area contributed by atoms with Crippen molar-refractivity contribution < 1.29 is 9.18 Å². The van der Waals surface area contributed by atoms with Crippen LogP contribution in [0.15, 0.2) is 78.3 Å². The summed E-state index contributed by atoms with van der Waals surface area (Å²) in [6.45, 7) is 4.08. The number of nitrogens with zero attached hydrogens (tertiary/aromatic N) is 5. The molecule has 1 amide bonds. The van der Waals surface area contributed by atoms with Crippen molar-refractivity contribution in [1.29, 1.82) is 5.26 Å². The lowest BCUT2D eigenvalue weighted by atomic mass is 10.0. The summed E-state index contributed by atoms with van der Waals surface area (Å²) in [5, 5.41) is 16.8. The molecule has 2 heterocycles. The summed E-state index contributed by atoms with van der Waals surface area (Å²) in [7, 11) is 1.61. The van der Waals surface area contributed by atoms with Gasteiger partial charge in [0, 0.05) is 23.7 Å². The number of halogens is 1. The van der Waals surface area contributed by atoms with Gasteiger partial charge in [-0.1, -0.05) is 24.8 Å². The largest absolute Gasteiger partial charge is 0.304 e. The van der Waals surface area contributed by atoms with E-state index in [4.69, 9.17) is 0 Å². The van der Waals surface area contributed by atoms with Crippen LogP contribution < -0.4 is 5.32 Å². The smallest absolute Gasteiger partial charge is 0.256 e. The summed E-state index contributed by atoms with van der Waals surface area (Å²) in [6, 6.07) is 19.9. The van der Waals surface area contributed by atoms with Gasteiger partial charge in [-0.25, -0.2) is 13.9 Å². The Balaban J connectivity index is 1.69. The van der Waals surface area contributed by atoms with Crippen molar-refractivity contribution in [3.63, 3.8) is 0 Å². The molecule has 2 aromatic heterocycles. The molecule has 0 atom stereocenters. The first-order valence-electron chi connectivity index (χ1n) is 9.60.